The van der Waals surface area contributed by atoms with Gasteiger partial charge in [-0.25, -0.2) is 0 Å². The van der Waals surface area contributed by atoms with E-state index >= 15 is 0 Å². The van der Waals surface area contributed by atoms with E-state index in [4.69, 9.17) is 14.4 Å². The lowest BCUT2D eigenvalue weighted by Crippen LogP contribution is -1.97. The third-order valence-corrected chi connectivity index (χ3v) is 2.71. The molecule has 96 valence electrons. The maximum absolute atomic E-state index is 10.4. The van der Waals surface area contributed by atoms with Crippen LogP contribution >= 0.6 is 11.8 Å². The summed E-state index contributed by atoms with van der Waals surface area (Å²) in [6.07, 6.45) is 0. The Hall–Kier alpha value is -1.87. The third-order valence-electron chi connectivity index (χ3n) is 1.88. The van der Waals surface area contributed by atoms with Crippen molar-refractivity contribution in [2.45, 2.75) is 11.8 Å². The molecule has 0 unspecified atom stereocenters. The van der Waals surface area contributed by atoms with Crippen LogP contribution in [0.2, 0.25) is 0 Å². The van der Waals surface area contributed by atoms with Crippen molar-refractivity contribution in [1.82, 2.24) is 20.3 Å². The Morgan fingerprint density at radius 2 is 2.50 bits per heavy atom. The van der Waals surface area contributed by atoms with E-state index in [1.165, 1.54) is 0 Å². The largest absolute Gasteiger partial charge is 0.481 e. The van der Waals surface area contributed by atoms with Gasteiger partial charge in [-0.05, 0) is 0 Å². The number of H-pyrrole nitrogens is 1. The molecule has 0 amide bonds. The fourth-order valence-electron chi connectivity index (χ4n) is 1.19. The molecule has 0 fully saturated rings. The van der Waals surface area contributed by atoms with Crippen LogP contribution in [0, 0.1) is 0 Å². The summed E-state index contributed by atoms with van der Waals surface area (Å²) in [7, 11) is 1.55. The summed E-state index contributed by atoms with van der Waals surface area (Å²) in [5, 5.41) is 19.2. The zero-order valence-corrected chi connectivity index (χ0v) is 10.2. The van der Waals surface area contributed by atoms with Crippen molar-refractivity contribution in [3.63, 3.8) is 0 Å². The number of nitrogens with one attached hydrogen (secondary N) is 1. The van der Waals surface area contributed by atoms with Crippen LogP contribution in [0.3, 0.4) is 0 Å². The first-order valence-electron chi connectivity index (χ1n) is 4.91. The predicted octanol–water partition coefficient (Wildman–Crippen LogP) is 0.783. The number of hydrogen-bond acceptors (Lipinski definition) is 7. The van der Waals surface area contributed by atoms with Gasteiger partial charge in [0, 0.05) is 13.2 Å². The van der Waals surface area contributed by atoms with Crippen molar-refractivity contribution in [3.8, 4) is 11.5 Å². The summed E-state index contributed by atoms with van der Waals surface area (Å²) >= 11 is 1.02. The summed E-state index contributed by atoms with van der Waals surface area (Å²) in [5.74, 6) is -0.0156. The number of carbonyl (C=O) groups is 1. The van der Waals surface area contributed by atoms with Gasteiger partial charge in [-0.3, -0.25) is 9.89 Å². The molecule has 0 aliphatic heterocycles. The number of methoxy groups -OCH3 is 1. The monoisotopic (exact) mass is 270 g/mol. The minimum Gasteiger partial charge on any atom is -0.481 e. The fourth-order valence-corrected chi connectivity index (χ4v) is 1.71. The minimum atomic E-state index is -0.921. The van der Waals surface area contributed by atoms with Crippen molar-refractivity contribution >= 4 is 17.7 Å². The Balaban J connectivity index is 2.06. The number of thioether (sulfide) groups is 1. The molecule has 0 aromatic carbocycles. The second kappa shape index (κ2) is 5.65. The van der Waals surface area contributed by atoms with Crippen LogP contribution in [0.5, 0.6) is 0 Å². The van der Waals surface area contributed by atoms with Gasteiger partial charge in [0.25, 0.3) is 0 Å². The number of rotatable bonds is 6. The van der Waals surface area contributed by atoms with Crippen LogP contribution in [-0.2, 0) is 16.1 Å². The highest BCUT2D eigenvalue weighted by Crippen LogP contribution is 2.19. The quantitative estimate of drug-likeness (QED) is 0.740. The first-order chi connectivity index (χ1) is 8.69. The molecule has 0 saturated carbocycles. The molecule has 18 heavy (non-hydrogen) atoms. The van der Waals surface area contributed by atoms with Crippen LogP contribution in [0.25, 0.3) is 11.5 Å². The number of carboxylic acid groups (broad SMARTS) is 1. The van der Waals surface area contributed by atoms with E-state index in [-0.39, 0.29) is 5.75 Å². The van der Waals surface area contributed by atoms with Gasteiger partial charge in [0.1, 0.15) is 6.61 Å². The van der Waals surface area contributed by atoms with Gasteiger partial charge in [0.05, 0.1) is 5.75 Å². The Bertz CT molecular complexity index is 538. The average molecular weight is 270 g/mol. The van der Waals surface area contributed by atoms with Crippen molar-refractivity contribution in [2.75, 3.05) is 12.9 Å². The highest BCUT2D eigenvalue weighted by atomic mass is 32.2. The van der Waals surface area contributed by atoms with Crippen molar-refractivity contribution < 1.29 is 19.2 Å². The smallest absolute Gasteiger partial charge is 0.313 e. The lowest BCUT2D eigenvalue weighted by molar-refractivity contribution is -0.133. The molecular formula is C9H10N4O4S. The summed E-state index contributed by atoms with van der Waals surface area (Å²) < 4.78 is 9.90. The zero-order chi connectivity index (χ0) is 13.0. The Kier molecular flexibility index (Phi) is 3.95. The van der Waals surface area contributed by atoms with E-state index in [1.54, 1.807) is 13.2 Å². The van der Waals surface area contributed by atoms with Crippen molar-refractivity contribution in [1.29, 1.82) is 0 Å². The number of nitrogens with zero attached hydrogens (tertiary/aromatic N) is 3. The van der Waals surface area contributed by atoms with E-state index in [0.717, 1.165) is 11.8 Å². The highest BCUT2D eigenvalue weighted by molar-refractivity contribution is 7.99. The Morgan fingerprint density at radius 3 is 3.22 bits per heavy atom. The van der Waals surface area contributed by atoms with E-state index in [2.05, 4.69) is 20.3 Å². The molecule has 0 bridgehead atoms. The molecule has 0 spiro atoms. The maximum atomic E-state index is 10.4. The first kappa shape index (κ1) is 12.6. The number of hydrogen-bond donors (Lipinski definition) is 2. The lowest BCUT2D eigenvalue weighted by atomic mass is 10.3. The number of aliphatic carboxylic acids is 1. The summed E-state index contributed by atoms with van der Waals surface area (Å²) in [5.41, 5.74) is 0.497. The van der Waals surface area contributed by atoms with Crippen molar-refractivity contribution in [2.24, 2.45) is 0 Å². The summed E-state index contributed by atoms with van der Waals surface area (Å²) in [6.45, 7) is 0.321. The van der Waals surface area contributed by atoms with E-state index in [1.807, 2.05) is 0 Å². The molecule has 0 radical (unpaired) electrons. The number of aromatic amines is 1. The van der Waals surface area contributed by atoms with E-state index in [9.17, 15) is 4.79 Å². The van der Waals surface area contributed by atoms with Crippen LogP contribution < -0.4 is 0 Å². The fraction of sp³-hybridized carbons (Fsp3) is 0.333. The van der Waals surface area contributed by atoms with Crippen LogP contribution in [0.4, 0.5) is 0 Å². The van der Waals surface area contributed by atoms with Crippen LogP contribution in [0.1, 0.15) is 5.76 Å². The number of carboxylic acids is 1. The zero-order valence-electron chi connectivity index (χ0n) is 9.41. The molecule has 0 atom stereocenters. The first-order valence-corrected chi connectivity index (χ1v) is 5.89. The molecule has 2 aromatic rings. The van der Waals surface area contributed by atoms with Crippen molar-refractivity contribution in [3.05, 3.63) is 11.8 Å². The summed E-state index contributed by atoms with van der Waals surface area (Å²) in [6, 6.07) is 1.68. The second-order valence-electron chi connectivity index (χ2n) is 3.26. The van der Waals surface area contributed by atoms with E-state index < -0.39 is 5.97 Å². The minimum absolute atomic E-state index is 0.0922. The van der Waals surface area contributed by atoms with Crippen LogP contribution in [-0.4, -0.2) is 44.3 Å². The highest BCUT2D eigenvalue weighted by Gasteiger charge is 2.12. The molecule has 8 nitrogen and oxygen atoms in total. The summed E-state index contributed by atoms with van der Waals surface area (Å²) in [4.78, 5) is 14.5. The Labute approximate surface area is 106 Å². The lowest BCUT2D eigenvalue weighted by Gasteiger charge is -1.88. The molecule has 0 aliphatic carbocycles. The predicted molar refractivity (Wildman–Crippen MR) is 61.0 cm³/mol. The van der Waals surface area contributed by atoms with Gasteiger partial charge in [-0.15, -0.1) is 5.10 Å². The number of aromatic nitrogens is 4. The Morgan fingerprint density at radius 1 is 1.67 bits per heavy atom. The van der Waals surface area contributed by atoms with Crippen LogP contribution in [0.15, 0.2) is 15.7 Å². The standard InChI is InChI=1S/C9H10N4O4S/c1-16-3-5-2-6(13-17-5)8-10-9(12-11-8)18-4-7(14)15/h2H,3-4H2,1H3,(H,14,15)(H,10,11,12). The van der Waals surface area contributed by atoms with Gasteiger partial charge < -0.3 is 14.4 Å². The second-order valence-corrected chi connectivity index (χ2v) is 4.20. The van der Waals surface area contributed by atoms with Gasteiger partial charge in [0.15, 0.2) is 17.3 Å². The normalized spacial score (nSPS) is 10.7. The van der Waals surface area contributed by atoms with E-state index in [0.29, 0.717) is 29.0 Å². The van der Waals surface area contributed by atoms with Gasteiger partial charge in [-0.2, -0.15) is 4.98 Å². The van der Waals surface area contributed by atoms with Gasteiger partial charge in [0.2, 0.25) is 5.16 Å². The third kappa shape index (κ3) is 3.08. The molecule has 2 rings (SSSR count). The molecule has 2 heterocycles. The molecule has 0 saturated heterocycles. The molecular weight excluding hydrogens is 260 g/mol. The molecule has 2 aromatic heterocycles. The van der Waals surface area contributed by atoms with Gasteiger partial charge in [-0.1, -0.05) is 16.9 Å². The molecule has 9 heteroatoms. The number of ether oxygens (including phenoxy) is 1. The average Bonchev–Trinajstić information content (AvgIpc) is 2.94. The molecule has 2 N–H and O–H groups in total. The van der Waals surface area contributed by atoms with Gasteiger partial charge >= 0.3 is 5.97 Å². The SMILES string of the molecule is COCc1cc(-c2nc(SCC(=O)O)n[nH]2)no1. The topological polar surface area (TPSA) is 114 Å². The molecule has 0 aliphatic rings. The maximum Gasteiger partial charge on any atom is 0.313 e.